The number of sulfonamides is 1. The van der Waals surface area contributed by atoms with Crippen molar-refractivity contribution in [2.45, 2.75) is 25.9 Å². The molecule has 0 aromatic heterocycles. The smallest absolute Gasteiger partial charge is 0.339 e. The Bertz CT molecular complexity index is 2380. The van der Waals surface area contributed by atoms with Gasteiger partial charge in [0.2, 0.25) is 10.0 Å². The molecular weight excluding hydrogens is 757 g/mol. The van der Waals surface area contributed by atoms with E-state index in [2.05, 4.69) is 10.0 Å². The van der Waals surface area contributed by atoms with Gasteiger partial charge in [-0.1, -0.05) is 115 Å². The van der Waals surface area contributed by atoms with Crippen molar-refractivity contribution in [2.24, 2.45) is 0 Å². The van der Waals surface area contributed by atoms with Gasteiger partial charge in [-0.3, -0.25) is 4.72 Å². The van der Waals surface area contributed by atoms with Crippen LogP contribution in [-0.2, 0) is 39.3 Å². The number of hydrogen-bond donors (Lipinski definition) is 3. The van der Waals surface area contributed by atoms with E-state index >= 15 is 0 Å². The van der Waals surface area contributed by atoms with E-state index in [-0.39, 0.29) is 49.8 Å². The predicted octanol–water partition coefficient (Wildman–Crippen LogP) is 7.72. The monoisotopic (exact) mass is 800 g/mol. The molecule has 1 atom stereocenters. The van der Waals surface area contributed by atoms with E-state index in [9.17, 15) is 23.1 Å². The summed E-state index contributed by atoms with van der Waals surface area (Å²) in [5.74, 6) is -0.218. The number of esters is 2. The Kier molecular flexibility index (Phi) is 14.3. The van der Waals surface area contributed by atoms with Crippen LogP contribution in [0.25, 0.3) is 11.1 Å². The first kappa shape index (κ1) is 41.2. The molecular formula is C46H44N2O9S. The quantitative estimate of drug-likeness (QED) is 0.0549. The molecule has 0 unspecified atom stereocenters. The Hall–Kier alpha value is -6.47. The van der Waals surface area contributed by atoms with E-state index in [4.69, 9.17) is 18.9 Å². The highest BCUT2D eigenvalue weighted by molar-refractivity contribution is 7.92. The lowest BCUT2D eigenvalue weighted by Crippen LogP contribution is -2.26. The average molecular weight is 801 g/mol. The van der Waals surface area contributed by atoms with Gasteiger partial charge >= 0.3 is 11.9 Å². The summed E-state index contributed by atoms with van der Waals surface area (Å²) < 4.78 is 49.6. The third kappa shape index (κ3) is 12.3. The number of aliphatic hydroxyl groups is 1. The maximum atomic E-state index is 13.5. The van der Waals surface area contributed by atoms with Crippen molar-refractivity contribution >= 4 is 27.6 Å². The van der Waals surface area contributed by atoms with Crippen LogP contribution in [-0.4, -0.2) is 51.4 Å². The fraction of sp³-hybridized carbons (Fsp3) is 0.174. The summed E-state index contributed by atoms with van der Waals surface area (Å²) in [6, 6.07) is 45.1. The number of anilines is 1. The Morgan fingerprint density at radius 3 is 1.84 bits per heavy atom. The SMILES string of the molecule is CS(=O)(=O)Nc1cc([C@@H](O)CNCCOc2ccc(-c3ccc(C(=O)OCc4ccccc4)cc3C(=O)OCc3ccccc3)cc2)ccc1OCc1ccccc1. The highest BCUT2D eigenvalue weighted by Gasteiger charge is 2.20. The maximum absolute atomic E-state index is 13.5. The van der Waals surface area contributed by atoms with Gasteiger partial charge in [-0.25, -0.2) is 18.0 Å². The summed E-state index contributed by atoms with van der Waals surface area (Å²) in [6.45, 7) is 1.29. The number of nitrogens with one attached hydrogen (secondary N) is 2. The van der Waals surface area contributed by atoms with Crippen LogP contribution >= 0.6 is 0 Å². The number of benzene rings is 6. The number of rotatable bonds is 19. The summed E-state index contributed by atoms with van der Waals surface area (Å²) in [7, 11) is -3.61. The Balaban J connectivity index is 1.05. The van der Waals surface area contributed by atoms with E-state index in [1.54, 1.807) is 42.5 Å². The van der Waals surface area contributed by atoms with Crippen molar-refractivity contribution < 1.29 is 42.1 Å². The second-order valence-electron chi connectivity index (χ2n) is 13.4. The van der Waals surface area contributed by atoms with Crippen LogP contribution < -0.4 is 19.5 Å². The molecule has 0 radical (unpaired) electrons. The average Bonchev–Trinajstić information content (AvgIpc) is 3.24. The Labute approximate surface area is 338 Å². The van der Waals surface area contributed by atoms with Gasteiger partial charge in [0, 0.05) is 13.1 Å². The number of hydrogen-bond acceptors (Lipinski definition) is 10. The molecule has 298 valence electrons. The molecule has 0 spiro atoms. The van der Waals surface area contributed by atoms with Crippen molar-refractivity contribution in [3.63, 3.8) is 0 Å². The summed E-state index contributed by atoms with van der Waals surface area (Å²) in [6.07, 6.45) is 0.118. The number of aliphatic hydroxyl groups excluding tert-OH is 1. The third-order valence-electron chi connectivity index (χ3n) is 8.87. The zero-order valence-corrected chi connectivity index (χ0v) is 32.7. The molecule has 0 amide bonds. The summed E-state index contributed by atoms with van der Waals surface area (Å²) in [5.41, 5.74) is 5.06. The molecule has 0 aliphatic carbocycles. The summed E-state index contributed by atoms with van der Waals surface area (Å²) in [5, 5.41) is 14.1. The van der Waals surface area contributed by atoms with Gasteiger partial charge in [0.1, 0.15) is 37.9 Å². The fourth-order valence-corrected chi connectivity index (χ4v) is 6.48. The van der Waals surface area contributed by atoms with Crippen molar-refractivity contribution in [1.29, 1.82) is 0 Å². The largest absolute Gasteiger partial charge is 0.492 e. The molecule has 0 saturated carbocycles. The van der Waals surface area contributed by atoms with Crippen LogP contribution in [0, 0.1) is 0 Å². The Morgan fingerprint density at radius 2 is 1.24 bits per heavy atom. The van der Waals surface area contributed by atoms with Crippen LogP contribution in [0.1, 0.15) is 49.1 Å². The van der Waals surface area contributed by atoms with E-state index in [0.717, 1.165) is 22.9 Å². The molecule has 0 aliphatic rings. The second-order valence-corrected chi connectivity index (χ2v) is 15.1. The van der Waals surface area contributed by atoms with Crippen molar-refractivity contribution in [3.8, 4) is 22.6 Å². The highest BCUT2D eigenvalue weighted by Crippen LogP contribution is 2.31. The lowest BCUT2D eigenvalue weighted by atomic mass is 9.97. The van der Waals surface area contributed by atoms with Gasteiger partial charge in [0.05, 0.1) is 29.2 Å². The third-order valence-corrected chi connectivity index (χ3v) is 9.46. The molecule has 0 saturated heterocycles. The first-order chi connectivity index (χ1) is 28.1. The number of carbonyl (C=O) groups is 2. The van der Waals surface area contributed by atoms with Crippen LogP contribution in [0.3, 0.4) is 0 Å². The molecule has 0 aliphatic heterocycles. The molecule has 0 fully saturated rings. The standard InChI is InChI=1S/C46H44N2O9S/c1-58(52,53)48-42-28-37(20-24-44(42)55-30-33-11-5-2-6-12-33)43(49)29-47-25-26-54-39-21-17-36(18-22-39)40-23-19-38(45(50)56-31-34-13-7-3-8-14-34)27-41(40)46(51)57-32-35-15-9-4-10-16-35/h2-24,27-28,43,47-49H,25-26,29-32H2,1H3/t43-/m0/s1. The minimum Gasteiger partial charge on any atom is -0.492 e. The first-order valence-electron chi connectivity index (χ1n) is 18.6. The molecule has 6 rings (SSSR count). The minimum atomic E-state index is -3.61. The topological polar surface area (TPSA) is 149 Å². The summed E-state index contributed by atoms with van der Waals surface area (Å²) >= 11 is 0. The first-order valence-corrected chi connectivity index (χ1v) is 20.5. The number of ether oxygens (including phenoxy) is 4. The van der Waals surface area contributed by atoms with Crippen LogP contribution in [0.4, 0.5) is 5.69 Å². The van der Waals surface area contributed by atoms with Crippen LogP contribution in [0.15, 0.2) is 152 Å². The normalized spacial score (nSPS) is 11.6. The van der Waals surface area contributed by atoms with E-state index < -0.39 is 28.1 Å². The van der Waals surface area contributed by atoms with Gasteiger partial charge in [0.15, 0.2) is 0 Å². The molecule has 6 aromatic carbocycles. The van der Waals surface area contributed by atoms with Crippen LogP contribution in [0.5, 0.6) is 11.5 Å². The van der Waals surface area contributed by atoms with E-state index in [0.29, 0.717) is 34.7 Å². The number of carbonyl (C=O) groups excluding carboxylic acids is 2. The maximum Gasteiger partial charge on any atom is 0.339 e. The predicted molar refractivity (Wildman–Crippen MR) is 222 cm³/mol. The lowest BCUT2D eigenvalue weighted by molar-refractivity contribution is 0.0471. The molecule has 11 nitrogen and oxygen atoms in total. The highest BCUT2D eigenvalue weighted by atomic mass is 32.2. The molecule has 3 N–H and O–H groups in total. The molecule has 58 heavy (non-hydrogen) atoms. The van der Waals surface area contributed by atoms with Crippen molar-refractivity contribution in [2.75, 3.05) is 30.7 Å². The van der Waals surface area contributed by atoms with Crippen LogP contribution in [0.2, 0.25) is 0 Å². The molecule has 6 aromatic rings. The fourth-order valence-electron chi connectivity index (χ4n) is 5.92. The summed E-state index contributed by atoms with van der Waals surface area (Å²) in [4.78, 5) is 26.5. The zero-order chi connectivity index (χ0) is 40.7. The van der Waals surface area contributed by atoms with Gasteiger partial charge in [-0.2, -0.15) is 0 Å². The van der Waals surface area contributed by atoms with Crippen molar-refractivity contribution in [3.05, 3.63) is 185 Å². The van der Waals surface area contributed by atoms with Gasteiger partial charge in [-0.05, 0) is 69.8 Å². The van der Waals surface area contributed by atoms with E-state index in [1.165, 1.54) is 6.07 Å². The second kappa shape index (κ2) is 20.1. The molecule has 12 heteroatoms. The van der Waals surface area contributed by atoms with Crippen molar-refractivity contribution in [1.82, 2.24) is 5.32 Å². The zero-order valence-electron chi connectivity index (χ0n) is 31.9. The molecule has 0 heterocycles. The van der Waals surface area contributed by atoms with E-state index in [1.807, 2.05) is 103 Å². The lowest BCUT2D eigenvalue weighted by Gasteiger charge is -2.17. The Morgan fingerprint density at radius 1 is 0.655 bits per heavy atom. The van der Waals surface area contributed by atoms with Gasteiger partial charge in [-0.15, -0.1) is 0 Å². The molecule has 0 bridgehead atoms. The minimum absolute atomic E-state index is 0.0670. The van der Waals surface area contributed by atoms with Gasteiger partial charge < -0.3 is 29.4 Å². The van der Waals surface area contributed by atoms with Gasteiger partial charge in [0.25, 0.3) is 0 Å².